The molecular formula is C24H28ClN3O3. The molecule has 0 aromatic heterocycles. The molecular weight excluding hydrogens is 414 g/mol. The van der Waals surface area contributed by atoms with Crippen LogP contribution in [0.3, 0.4) is 0 Å². The summed E-state index contributed by atoms with van der Waals surface area (Å²) in [5.74, 6) is 0.581. The number of hydrogen-bond donors (Lipinski definition) is 0. The number of carbonyl (C=O) groups is 2. The van der Waals surface area contributed by atoms with Crippen LogP contribution in [0, 0.1) is 0 Å². The van der Waals surface area contributed by atoms with Gasteiger partial charge in [-0.05, 0) is 55.8 Å². The minimum atomic E-state index is -0.369. The number of hydrogen-bond acceptors (Lipinski definition) is 4. The molecule has 0 spiro atoms. The maximum Gasteiger partial charge on any atom is 0.254 e. The highest BCUT2D eigenvalue weighted by molar-refractivity contribution is 6.30. The van der Waals surface area contributed by atoms with Crippen LogP contribution in [0.2, 0.25) is 5.02 Å². The average Bonchev–Trinajstić information content (AvgIpc) is 3.27. The van der Waals surface area contributed by atoms with Crippen molar-refractivity contribution < 1.29 is 14.3 Å². The fraction of sp³-hybridized carbons (Fsp3) is 0.417. The highest BCUT2D eigenvalue weighted by atomic mass is 35.5. The maximum atomic E-state index is 13.2. The van der Waals surface area contributed by atoms with Crippen molar-refractivity contribution in [2.24, 2.45) is 0 Å². The Labute approximate surface area is 188 Å². The number of nitrogens with zero attached hydrogens (tertiary/aromatic N) is 3. The Kier molecular flexibility index (Phi) is 6.78. The molecule has 1 atom stereocenters. The van der Waals surface area contributed by atoms with E-state index in [1.807, 2.05) is 41.3 Å². The number of rotatable bonds is 5. The monoisotopic (exact) mass is 441 g/mol. The van der Waals surface area contributed by atoms with Gasteiger partial charge in [0.25, 0.3) is 5.91 Å². The molecule has 2 aromatic rings. The van der Waals surface area contributed by atoms with E-state index in [0.717, 1.165) is 44.6 Å². The van der Waals surface area contributed by atoms with Crippen molar-refractivity contribution in [3.8, 4) is 5.75 Å². The molecule has 7 heteroatoms. The van der Waals surface area contributed by atoms with Crippen LogP contribution < -0.4 is 4.74 Å². The van der Waals surface area contributed by atoms with Gasteiger partial charge in [-0.15, -0.1) is 0 Å². The second-order valence-electron chi connectivity index (χ2n) is 8.23. The number of benzene rings is 2. The fourth-order valence-electron chi connectivity index (χ4n) is 4.18. The first-order valence-electron chi connectivity index (χ1n) is 10.8. The zero-order chi connectivity index (χ0) is 21.8. The SMILES string of the molecule is CN1CCN(C(=O)C2CCCN2C(=O)c2cccc(OCc3cccc(Cl)c3)c2)CC1. The van der Waals surface area contributed by atoms with Gasteiger partial charge in [0.2, 0.25) is 5.91 Å². The van der Waals surface area contributed by atoms with E-state index in [1.165, 1.54) is 0 Å². The summed E-state index contributed by atoms with van der Waals surface area (Å²) in [6, 6.07) is 14.3. The summed E-state index contributed by atoms with van der Waals surface area (Å²) in [6.07, 6.45) is 1.57. The first kappa shape index (κ1) is 21.7. The van der Waals surface area contributed by atoms with Crippen molar-refractivity contribution in [2.75, 3.05) is 39.8 Å². The molecule has 0 saturated carbocycles. The quantitative estimate of drug-likeness (QED) is 0.714. The molecule has 0 aliphatic carbocycles. The summed E-state index contributed by atoms with van der Waals surface area (Å²) in [6.45, 7) is 4.17. The zero-order valence-corrected chi connectivity index (χ0v) is 18.6. The van der Waals surface area contributed by atoms with Crippen molar-refractivity contribution in [3.05, 3.63) is 64.7 Å². The van der Waals surface area contributed by atoms with Gasteiger partial charge >= 0.3 is 0 Å². The van der Waals surface area contributed by atoms with E-state index in [2.05, 4.69) is 11.9 Å². The van der Waals surface area contributed by atoms with Crippen LogP contribution in [0.25, 0.3) is 0 Å². The molecule has 0 N–H and O–H groups in total. The van der Waals surface area contributed by atoms with Crippen LogP contribution in [-0.2, 0) is 11.4 Å². The molecule has 1 unspecified atom stereocenters. The Hall–Kier alpha value is -2.57. The third-order valence-corrected chi connectivity index (χ3v) is 6.22. The molecule has 2 amide bonds. The predicted molar refractivity (Wildman–Crippen MR) is 120 cm³/mol. The molecule has 2 saturated heterocycles. The Balaban J connectivity index is 1.42. The Bertz CT molecular complexity index is 943. The Morgan fingerprint density at radius 1 is 1.03 bits per heavy atom. The van der Waals surface area contributed by atoms with Gasteiger partial charge in [-0.25, -0.2) is 0 Å². The lowest BCUT2D eigenvalue weighted by atomic mass is 10.1. The van der Waals surface area contributed by atoms with E-state index in [-0.39, 0.29) is 17.9 Å². The molecule has 6 nitrogen and oxygen atoms in total. The lowest BCUT2D eigenvalue weighted by Gasteiger charge is -2.35. The number of likely N-dealkylation sites (tertiary alicyclic amines) is 1. The van der Waals surface area contributed by atoms with Crippen molar-refractivity contribution in [3.63, 3.8) is 0 Å². The van der Waals surface area contributed by atoms with Gasteiger partial charge in [0, 0.05) is 43.3 Å². The lowest BCUT2D eigenvalue weighted by molar-refractivity contribution is -0.136. The summed E-state index contributed by atoms with van der Waals surface area (Å²) >= 11 is 6.03. The first-order chi connectivity index (χ1) is 15.0. The van der Waals surface area contributed by atoms with Crippen molar-refractivity contribution in [1.29, 1.82) is 0 Å². The van der Waals surface area contributed by atoms with Gasteiger partial charge in [0.1, 0.15) is 18.4 Å². The van der Waals surface area contributed by atoms with Crippen molar-refractivity contribution in [1.82, 2.24) is 14.7 Å². The normalized spacial score (nSPS) is 19.5. The standard InChI is InChI=1S/C24H28ClN3O3/c1-26-11-13-27(14-12-26)24(30)22-9-4-10-28(22)23(29)19-6-3-8-21(16-19)31-17-18-5-2-7-20(25)15-18/h2-3,5-8,15-16,22H,4,9-14,17H2,1H3. The summed E-state index contributed by atoms with van der Waals surface area (Å²) < 4.78 is 5.87. The van der Waals surface area contributed by atoms with E-state index < -0.39 is 0 Å². The minimum Gasteiger partial charge on any atom is -0.489 e. The molecule has 2 heterocycles. The van der Waals surface area contributed by atoms with Gasteiger partial charge in [-0.3, -0.25) is 9.59 Å². The van der Waals surface area contributed by atoms with Crippen LogP contribution in [0.4, 0.5) is 0 Å². The van der Waals surface area contributed by atoms with Gasteiger partial charge in [-0.2, -0.15) is 0 Å². The van der Waals surface area contributed by atoms with Crippen molar-refractivity contribution >= 4 is 23.4 Å². The predicted octanol–water partition coefficient (Wildman–Crippen LogP) is 3.30. The molecule has 2 aromatic carbocycles. The van der Waals surface area contributed by atoms with Gasteiger partial charge in [-0.1, -0.05) is 29.8 Å². The van der Waals surface area contributed by atoms with Crippen LogP contribution in [0.15, 0.2) is 48.5 Å². The molecule has 0 radical (unpaired) electrons. The third-order valence-electron chi connectivity index (χ3n) is 5.99. The average molecular weight is 442 g/mol. The fourth-order valence-corrected chi connectivity index (χ4v) is 4.40. The van der Waals surface area contributed by atoms with Crippen molar-refractivity contribution in [2.45, 2.75) is 25.5 Å². The topological polar surface area (TPSA) is 53.1 Å². The van der Waals surface area contributed by atoms with E-state index in [4.69, 9.17) is 16.3 Å². The molecule has 2 aliphatic heterocycles. The second-order valence-corrected chi connectivity index (χ2v) is 8.67. The molecule has 31 heavy (non-hydrogen) atoms. The summed E-state index contributed by atoms with van der Waals surface area (Å²) in [5.41, 5.74) is 1.50. The van der Waals surface area contributed by atoms with Crippen LogP contribution >= 0.6 is 11.6 Å². The lowest BCUT2D eigenvalue weighted by Crippen LogP contribution is -2.53. The van der Waals surface area contributed by atoms with Gasteiger partial charge in [0.05, 0.1) is 0 Å². The number of likely N-dealkylation sites (N-methyl/N-ethyl adjacent to an activating group) is 1. The van der Waals surface area contributed by atoms with E-state index in [0.29, 0.717) is 29.5 Å². The summed E-state index contributed by atoms with van der Waals surface area (Å²) in [5, 5.41) is 0.662. The van der Waals surface area contributed by atoms with Crippen LogP contribution in [0.1, 0.15) is 28.8 Å². The molecule has 4 rings (SSSR count). The number of amides is 2. The van der Waals surface area contributed by atoms with Crippen LogP contribution in [0.5, 0.6) is 5.75 Å². The number of ether oxygens (including phenoxy) is 1. The largest absolute Gasteiger partial charge is 0.489 e. The summed E-state index contributed by atoms with van der Waals surface area (Å²) in [4.78, 5) is 32.2. The highest BCUT2D eigenvalue weighted by Crippen LogP contribution is 2.24. The Morgan fingerprint density at radius 2 is 1.81 bits per heavy atom. The molecule has 2 fully saturated rings. The van der Waals surface area contributed by atoms with Gasteiger partial charge in [0.15, 0.2) is 0 Å². The van der Waals surface area contributed by atoms with Crippen LogP contribution in [-0.4, -0.2) is 72.3 Å². The summed E-state index contributed by atoms with van der Waals surface area (Å²) in [7, 11) is 2.06. The zero-order valence-electron chi connectivity index (χ0n) is 17.8. The van der Waals surface area contributed by atoms with Gasteiger partial charge < -0.3 is 19.4 Å². The second kappa shape index (κ2) is 9.71. The third kappa shape index (κ3) is 5.20. The Morgan fingerprint density at radius 3 is 2.58 bits per heavy atom. The number of halogens is 1. The van der Waals surface area contributed by atoms with E-state index >= 15 is 0 Å². The number of piperazine rings is 1. The van der Waals surface area contributed by atoms with E-state index in [1.54, 1.807) is 17.0 Å². The smallest absolute Gasteiger partial charge is 0.254 e. The number of carbonyl (C=O) groups excluding carboxylic acids is 2. The first-order valence-corrected chi connectivity index (χ1v) is 11.1. The minimum absolute atomic E-state index is 0.0762. The molecule has 164 valence electrons. The molecule has 2 aliphatic rings. The van der Waals surface area contributed by atoms with E-state index in [9.17, 15) is 9.59 Å². The molecule has 0 bridgehead atoms. The highest BCUT2D eigenvalue weighted by Gasteiger charge is 2.37. The maximum absolute atomic E-state index is 13.2.